The average Bonchev–Trinajstić information content (AvgIpc) is 2.86. The Hall–Kier alpha value is -1.80. The molecule has 0 saturated heterocycles. The molecule has 3 unspecified atom stereocenters. The number of aromatic nitrogens is 2. The Kier molecular flexibility index (Phi) is 4.45. The Bertz CT molecular complexity index is 847. The van der Waals surface area contributed by atoms with Crippen molar-refractivity contribution in [3.63, 3.8) is 0 Å². The van der Waals surface area contributed by atoms with E-state index in [1.165, 1.54) is 0 Å². The van der Waals surface area contributed by atoms with Crippen molar-refractivity contribution in [2.75, 3.05) is 0 Å². The molecule has 1 aliphatic carbocycles. The lowest BCUT2D eigenvalue weighted by Gasteiger charge is -2.22. The minimum atomic E-state index is -1.15. The highest BCUT2D eigenvalue weighted by Gasteiger charge is 2.24. The van der Waals surface area contributed by atoms with Crippen LogP contribution in [0.1, 0.15) is 17.4 Å². The zero-order chi connectivity index (χ0) is 16.6. The molecule has 1 aliphatic rings. The molecule has 0 bridgehead atoms. The number of halogens is 2. The van der Waals surface area contributed by atoms with Crippen LogP contribution in [0.15, 0.2) is 41.5 Å². The van der Waals surface area contributed by atoms with Crippen LogP contribution in [0.3, 0.4) is 0 Å². The number of fused-ring (bicyclic) bond motifs is 1. The van der Waals surface area contributed by atoms with E-state index in [-0.39, 0.29) is 11.3 Å². The van der Waals surface area contributed by atoms with Crippen LogP contribution in [0, 0.1) is 24.2 Å². The number of benzene rings is 1. The molecule has 0 spiro atoms. The summed E-state index contributed by atoms with van der Waals surface area (Å²) in [6.07, 6.45) is 4.45. The van der Waals surface area contributed by atoms with Crippen molar-refractivity contribution in [3.8, 4) is 6.07 Å². The van der Waals surface area contributed by atoms with Gasteiger partial charge in [-0.3, -0.25) is 4.68 Å². The second-order valence-corrected chi connectivity index (χ2v) is 6.50. The molecule has 1 heterocycles. The first-order chi connectivity index (χ1) is 11.0. The van der Waals surface area contributed by atoms with Gasteiger partial charge in [-0.25, -0.2) is 0 Å². The normalized spacial score (nSPS) is 22.0. The molecule has 0 radical (unpaired) electrons. The number of hydrogen-bond donors (Lipinski definition) is 1. The van der Waals surface area contributed by atoms with E-state index in [2.05, 4.69) is 5.10 Å². The van der Waals surface area contributed by atoms with Gasteiger partial charge in [-0.05, 0) is 24.6 Å². The maximum absolute atomic E-state index is 9.74. The SMILES string of the molecule is Cc1nn(CC2C(Cl)=CC=CC2Cl)c2cc(C(O)C#N)ccc12. The summed E-state index contributed by atoms with van der Waals surface area (Å²) in [7, 11) is 0. The Labute approximate surface area is 144 Å². The van der Waals surface area contributed by atoms with Gasteiger partial charge in [0.2, 0.25) is 0 Å². The highest BCUT2D eigenvalue weighted by Crippen LogP contribution is 2.31. The van der Waals surface area contributed by atoms with E-state index < -0.39 is 6.10 Å². The number of alkyl halides is 1. The zero-order valence-corrected chi connectivity index (χ0v) is 14.0. The second kappa shape index (κ2) is 6.37. The minimum Gasteiger partial charge on any atom is -0.374 e. The smallest absolute Gasteiger partial charge is 0.165 e. The Balaban J connectivity index is 2.02. The van der Waals surface area contributed by atoms with Crippen LogP contribution in [0.2, 0.25) is 0 Å². The summed E-state index contributed by atoms with van der Waals surface area (Å²) in [6, 6.07) is 7.25. The van der Waals surface area contributed by atoms with Gasteiger partial charge in [0.1, 0.15) is 0 Å². The number of allylic oxidation sites excluding steroid dienone is 4. The summed E-state index contributed by atoms with van der Waals surface area (Å²) in [5.74, 6) is -0.0598. The lowest BCUT2D eigenvalue weighted by molar-refractivity contribution is 0.236. The Morgan fingerprint density at radius 2 is 2.26 bits per heavy atom. The average molecular weight is 348 g/mol. The molecule has 0 fully saturated rings. The fraction of sp³-hybridized carbons (Fsp3) is 0.294. The van der Waals surface area contributed by atoms with E-state index in [0.29, 0.717) is 17.1 Å². The summed E-state index contributed by atoms with van der Waals surface area (Å²) in [5, 5.41) is 24.7. The molecule has 2 aromatic rings. The number of aliphatic hydroxyl groups is 1. The van der Waals surface area contributed by atoms with Crippen LogP contribution in [0.5, 0.6) is 0 Å². The van der Waals surface area contributed by atoms with Crippen molar-refractivity contribution in [2.24, 2.45) is 5.92 Å². The third kappa shape index (κ3) is 3.00. The van der Waals surface area contributed by atoms with Crippen molar-refractivity contribution in [1.29, 1.82) is 5.26 Å². The van der Waals surface area contributed by atoms with Crippen molar-refractivity contribution in [2.45, 2.75) is 24.9 Å². The lowest BCUT2D eigenvalue weighted by Crippen LogP contribution is -2.22. The molecule has 3 atom stereocenters. The molecule has 1 aromatic carbocycles. The molecule has 0 aliphatic heterocycles. The first-order valence-electron chi connectivity index (χ1n) is 7.24. The fourth-order valence-corrected chi connectivity index (χ4v) is 3.42. The molecule has 3 rings (SSSR count). The van der Waals surface area contributed by atoms with E-state index >= 15 is 0 Å². The van der Waals surface area contributed by atoms with Crippen LogP contribution < -0.4 is 0 Å². The Morgan fingerprint density at radius 1 is 1.48 bits per heavy atom. The number of aliphatic hydroxyl groups excluding tert-OH is 1. The summed E-state index contributed by atoms with van der Waals surface area (Å²) in [6.45, 7) is 2.46. The van der Waals surface area contributed by atoms with Gasteiger partial charge >= 0.3 is 0 Å². The number of aryl methyl sites for hydroxylation is 1. The summed E-state index contributed by atoms with van der Waals surface area (Å²) in [4.78, 5) is 0. The molecule has 23 heavy (non-hydrogen) atoms. The van der Waals surface area contributed by atoms with Gasteiger partial charge < -0.3 is 5.11 Å². The third-order valence-corrected chi connectivity index (χ3v) is 4.91. The van der Waals surface area contributed by atoms with Crippen LogP contribution in [0.25, 0.3) is 10.9 Å². The van der Waals surface area contributed by atoms with E-state index in [1.54, 1.807) is 12.1 Å². The zero-order valence-electron chi connectivity index (χ0n) is 12.4. The summed E-state index contributed by atoms with van der Waals surface area (Å²) < 4.78 is 1.84. The predicted molar refractivity (Wildman–Crippen MR) is 91.2 cm³/mol. The van der Waals surface area contributed by atoms with Gasteiger partial charge in [-0.15, -0.1) is 11.6 Å². The van der Waals surface area contributed by atoms with Crippen molar-refractivity contribution in [1.82, 2.24) is 9.78 Å². The van der Waals surface area contributed by atoms with E-state index in [9.17, 15) is 5.11 Å². The first-order valence-corrected chi connectivity index (χ1v) is 8.05. The maximum Gasteiger partial charge on any atom is 0.165 e. The van der Waals surface area contributed by atoms with Crippen LogP contribution in [-0.2, 0) is 6.54 Å². The summed E-state index contributed by atoms with van der Waals surface area (Å²) in [5.41, 5.74) is 2.29. The number of nitriles is 1. The van der Waals surface area contributed by atoms with Crippen LogP contribution in [-0.4, -0.2) is 20.3 Å². The fourth-order valence-electron chi connectivity index (χ4n) is 2.78. The predicted octanol–water partition coefficient (Wildman–Crippen LogP) is 3.82. The molecule has 6 heteroatoms. The van der Waals surface area contributed by atoms with Gasteiger partial charge in [0.25, 0.3) is 0 Å². The highest BCUT2D eigenvalue weighted by molar-refractivity contribution is 6.31. The highest BCUT2D eigenvalue weighted by atomic mass is 35.5. The minimum absolute atomic E-state index is 0.0598. The summed E-state index contributed by atoms with van der Waals surface area (Å²) >= 11 is 12.6. The van der Waals surface area contributed by atoms with E-state index in [4.69, 9.17) is 28.5 Å². The van der Waals surface area contributed by atoms with Gasteiger partial charge in [-0.2, -0.15) is 10.4 Å². The molecule has 0 saturated carbocycles. The molecule has 118 valence electrons. The van der Waals surface area contributed by atoms with Gasteiger partial charge in [0, 0.05) is 16.3 Å². The third-order valence-electron chi connectivity index (χ3n) is 4.06. The van der Waals surface area contributed by atoms with Crippen molar-refractivity contribution in [3.05, 3.63) is 52.7 Å². The van der Waals surface area contributed by atoms with Crippen molar-refractivity contribution >= 4 is 34.1 Å². The van der Waals surface area contributed by atoms with Crippen LogP contribution >= 0.6 is 23.2 Å². The molecule has 1 aromatic heterocycles. The number of rotatable bonds is 3. The largest absolute Gasteiger partial charge is 0.374 e. The maximum atomic E-state index is 9.74. The number of nitrogens with zero attached hydrogens (tertiary/aromatic N) is 3. The van der Waals surface area contributed by atoms with Gasteiger partial charge in [0.05, 0.1) is 29.2 Å². The monoisotopic (exact) mass is 347 g/mol. The topological polar surface area (TPSA) is 61.8 Å². The standard InChI is InChI=1S/C17H15Cl2N3O/c1-10-12-6-5-11(17(23)8-20)7-16(12)22(21-10)9-13-14(18)3-2-4-15(13)19/h2-7,13-14,17,23H,9H2,1H3. The van der Waals surface area contributed by atoms with Gasteiger partial charge in [0.15, 0.2) is 6.10 Å². The first kappa shape index (κ1) is 16.1. The molecular weight excluding hydrogens is 333 g/mol. The number of hydrogen-bond acceptors (Lipinski definition) is 3. The van der Waals surface area contributed by atoms with Crippen molar-refractivity contribution < 1.29 is 5.11 Å². The Morgan fingerprint density at radius 3 is 2.96 bits per heavy atom. The van der Waals surface area contributed by atoms with E-state index in [0.717, 1.165) is 16.6 Å². The van der Waals surface area contributed by atoms with Crippen LogP contribution in [0.4, 0.5) is 0 Å². The molecule has 4 nitrogen and oxygen atoms in total. The van der Waals surface area contributed by atoms with E-state index in [1.807, 2.05) is 42.0 Å². The lowest BCUT2D eigenvalue weighted by atomic mass is 10.00. The molecule has 0 amide bonds. The molecule has 1 N–H and O–H groups in total. The molecular formula is C17H15Cl2N3O. The van der Waals surface area contributed by atoms with Gasteiger partial charge in [-0.1, -0.05) is 35.9 Å². The second-order valence-electron chi connectivity index (χ2n) is 5.56. The quantitative estimate of drug-likeness (QED) is 0.678.